The Bertz CT molecular complexity index is 1430. The van der Waals surface area contributed by atoms with E-state index >= 15 is 0 Å². The number of benzene rings is 2. The first kappa shape index (κ1) is 21.7. The average molecular weight is 480 g/mol. The lowest BCUT2D eigenvalue weighted by Gasteiger charge is -2.25. The molecule has 0 N–H and O–H groups in total. The van der Waals surface area contributed by atoms with Crippen molar-refractivity contribution in [3.05, 3.63) is 94.1 Å². The van der Waals surface area contributed by atoms with Crippen molar-refractivity contribution in [3.63, 3.8) is 0 Å². The standard InChI is InChI=1S/C25H19ClFN3O2S/c1-15-5-7-19(13-28-15)25(31)30(22-4-2-3-17-9-10-33(32)23(17)22)14-16-6-8-18-12-20(27)24(26)29-21(18)11-16/h2-8,11-13H,9-10,14H2,1H3. The molecule has 2 aromatic heterocycles. The van der Waals surface area contributed by atoms with Crippen molar-refractivity contribution in [3.8, 4) is 0 Å². The predicted octanol–water partition coefficient (Wildman–Crippen LogP) is 5.24. The van der Waals surface area contributed by atoms with E-state index in [-0.39, 0.29) is 17.6 Å². The van der Waals surface area contributed by atoms with Crippen molar-refractivity contribution in [2.45, 2.75) is 24.8 Å². The molecule has 33 heavy (non-hydrogen) atoms. The second kappa shape index (κ2) is 8.65. The summed E-state index contributed by atoms with van der Waals surface area (Å²) >= 11 is 5.87. The van der Waals surface area contributed by atoms with Crippen molar-refractivity contribution in [1.29, 1.82) is 0 Å². The highest BCUT2D eigenvalue weighted by Gasteiger charge is 2.28. The number of aryl methyl sites for hydroxylation is 2. The molecule has 2 aromatic carbocycles. The van der Waals surface area contributed by atoms with Crippen molar-refractivity contribution in [2.75, 3.05) is 10.7 Å². The minimum absolute atomic E-state index is 0.199. The Hall–Kier alpha value is -3.16. The molecule has 0 bridgehead atoms. The van der Waals surface area contributed by atoms with Gasteiger partial charge in [0.25, 0.3) is 5.91 Å². The molecule has 8 heteroatoms. The maximum atomic E-state index is 13.8. The van der Waals surface area contributed by atoms with Crippen LogP contribution in [-0.4, -0.2) is 25.8 Å². The third-order valence-electron chi connectivity index (χ3n) is 5.69. The Morgan fingerprint density at radius 3 is 2.82 bits per heavy atom. The van der Waals surface area contributed by atoms with Crippen LogP contribution in [0.4, 0.5) is 10.1 Å². The highest BCUT2D eigenvalue weighted by atomic mass is 35.5. The maximum absolute atomic E-state index is 13.8. The summed E-state index contributed by atoms with van der Waals surface area (Å²) in [6, 6.07) is 15.9. The van der Waals surface area contributed by atoms with Gasteiger partial charge in [-0.05, 0) is 54.8 Å². The molecule has 1 atom stereocenters. The number of nitrogens with zero attached hydrogens (tertiary/aromatic N) is 3. The number of aromatic nitrogens is 2. The van der Waals surface area contributed by atoms with Gasteiger partial charge in [0.05, 0.1) is 39.0 Å². The van der Waals surface area contributed by atoms with Gasteiger partial charge >= 0.3 is 0 Å². The van der Waals surface area contributed by atoms with Crippen LogP contribution in [0.15, 0.2) is 65.7 Å². The smallest absolute Gasteiger partial charge is 0.260 e. The summed E-state index contributed by atoms with van der Waals surface area (Å²) in [6.45, 7) is 2.07. The first-order chi connectivity index (χ1) is 15.9. The molecule has 4 aromatic rings. The van der Waals surface area contributed by atoms with E-state index in [1.54, 1.807) is 35.4 Å². The molecule has 0 spiro atoms. The molecule has 1 aliphatic rings. The van der Waals surface area contributed by atoms with Crippen LogP contribution in [0.1, 0.15) is 27.2 Å². The number of hydrogen-bond acceptors (Lipinski definition) is 4. The fraction of sp³-hybridized carbons (Fsp3) is 0.160. The fourth-order valence-electron chi connectivity index (χ4n) is 4.01. The van der Waals surface area contributed by atoms with E-state index in [1.807, 2.05) is 31.2 Å². The van der Waals surface area contributed by atoms with Crippen LogP contribution >= 0.6 is 11.6 Å². The second-order valence-electron chi connectivity index (χ2n) is 7.93. The normalized spacial score (nSPS) is 14.9. The SMILES string of the molecule is Cc1ccc(C(=O)N(Cc2ccc3cc(F)c(Cl)nc3c2)c2cccc3c2S(=O)CC3)cn1. The lowest BCUT2D eigenvalue weighted by Crippen LogP contribution is -2.31. The van der Waals surface area contributed by atoms with E-state index in [1.165, 1.54) is 6.07 Å². The quantitative estimate of drug-likeness (QED) is 0.375. The number of pyridine rings is 2. The molecule has 5 nitrogen and oxygen atoms in total. The van der Waals surface area contributed by atoms with E-state index in [2.05, 4.69) is 9.97 Å². The number of anilines is 1. The highest BCUT2D eigenvalue weighted by molar-refractivity contribution is 7.85. The predicted molar refractivity (Wildman–Crippen MR) is 128 cm³/mol. The lowest BCUT2D eigenvalue weighted by atomic mass is 10.1. The molecule has 3 heterocycles. The van der Waals surface area contributed by atoms with Gasteiger partial charge in [0.1, 0.15) is 0 Å². The van der Waals surface area contributed by atoms with Gasteiger partial charge in [-0.1, -0.05) is 35.9 Å². The second-order valence-corrected chi connectivity index (χ2v) is 9.80. The van der Waals surface area contributed by atoms with Gasteiger partial charge in [0.2, 0.25) is 0 Å². The van der Waals surface area contributed by atoms with Gasteiger partial charge in [-0.25, -0.2) is 9.37 Å². The molecule has 1 aliphatic heterocycles. The third-order valence-corrected chi connectivity index (χ3v) is 7.45. The molecule has 0 aliphatic carbocycles. The summed E-state index contributed by atoms with van der Waals surface area (Å²) in [4.78, 5) is 24.3. The molecule has 166 valence electrons. The van der Waals surface area contributed by atoms with E-state index in [0.29, 0.717) is 39.2 Å². The van der Waals surface area contributed by atoms with Gasteiger partial charge < -0.3 is 4.90 Å². The molecule has 0 radical (unpaired) electrons. The molecule has 1 unspecified atom stereocenters. The van der Waals surface area contributed by atoms with E-state index < -0.39 is 16.6 Å². The first-order valence-corrected chi connectivity index (χ1v) is 12.1. The van der Waals surface area contributed by atoms with Crippen molar-refractivity contribution >= 4 is 44.9 Å². The number of carbonyl (C=O) groups is 1. The minimum atomic E-state index is -1.17. The average Bonchev–Trinajstić information content (AvgIpc) is 3.19. The van der Waals surface area contributed by atoms with Crippen molar-refractivity contribution in [2.24, 2.45) is 0 Å². The Balaban J connectivity index is 1.60. The minimum Gasteiger partial charge on any atom is -0.303 e. The monoisotopic (exact) mass is 479 g/mol. The van der Waals surface area contributed by atoms with Crippen LogP contribution in [-0.2, 0) is 23.8 Å². The molecular weight excluding hydrogens is 461 g/mol. The van der Waals surface area contributed by atoms with Crippen LogP contribution in [0.25, 0.3) is 10.9 Å². The van der Waals surface area contributed by atoms with Gasteiger partial charge in [-0.2, -0.15) is 0 Å². The summed E-state index contributed by atoms with van der Waals surface area (Å²) in [7, 11) is -1.17. The zero-order chi connectivity index (χ0) is 23.1. The highest BCUT2D eigenvalue weighted by Crippen LogP contribution is 2.34. The van der Waals surface area contributed by atoms with Gasteiger partial charge in [-0.3, -0.25) is 14.0 Å². The Labute approximate surface area is 197 Å². The van der Waals surface area contributed by atoms with Crippen molar-refractivity contribution < 1.29 is 13.4 Å². The molecule has 1 amide bonds. The third kappa shape index (κ3) is 4.14. The summed E-state index contributed by atoms with van der Waals surface area (Å²) in [5.41, 5.74) is 4.18. The van der Waals surface area contributed by atoms with E-state index in [0.717, 1.165) is 16.8 Å². The number of hydrogen-bond donors (Lipinski definition) is 0. The Morgan fingerprint density at radius 1 is 1.18 bits per heavy atom. The van der Waals surface area contributed by atoms with Crippen LogP contribution in [0.3, 0.4) is 0 Å². The first-order valence-electron chi connectivity index (χ1n) is 10.4. The van der Waals surface area contributed by atoms with Crippen LogP contribution in [0.2, 0.25) is 5.15 Å². The summed E-state index contributed by atoms with van der Waals surface area (Å²) < 4.78 is 26.6. The summed E-state index contributed by atoms with van der Waals surface area (Å²) in [5.74, 6) is -0.280. The molecule has 0 saturated carbocycles. The van der Waals surface area contributed by atoms with Gasteiger partial charge in [0.15, 0.2) is 11.0 Å². The van der Waals surface area contributed by atoms with Gasteiger partial charge in [-0.15, -0.1) is 0 Å². The largest absolute Gasteiger partial charge is 0.303 e. The number of fused-ring (bicyclic) bond motifs is 2. The lowest BCUT2D eigenvalue weighted by molar-refractivity contribution is 0.0984. The van der Waals surface area contributed by atoms with Gasteiger partial charge in [0, 0.05) is 23.0 Å². The van der Waals surface area contributed by atoms with Crippen LogP contribution < -0.4 is 4.90 Å². The topological polar surface area (TPSA) is 63.2 Å². The molecule has 5 rings (SSSR count). The van der Waals surface area contributed by atoms with Crippen LogP contribution in [0, 0.1) is 12.7 Å². The molecule has 0 saturated heterocycles. The zero-order valence-electron chi connectivity index (χ0n) is 17.7. The Morgan fingerprint density at radius 2 is 2.03 bits per heavy atom. The van der Waals surface area contributed by atoms with Crippen molar-refractivity contribution in [1.82, 2.24) is 9.97 Å². The zero-order valence-corrected chi connectivity index (χ0v) is 19.3. The van der Waals surface area contributed by atoms with E-state index in [4.69, 9.17) is 11.6 Å². The Kier molecular flexibility index (Phi) is 5.68. The van der Waals surface area contributed by atoms with Crippen LogP contribution in [0.5, 0.6) is 0 Å². The number of amides is 1. The number of rotatable bonds is 4. The summed E-state index contributed by atoms with van der Waals surface area (Å²) in [5, 5.41) is 0.414. The number of carbonyl (C=O) groups excluding carboxylic acids is 1. The molecular formula is C25H19ClFN3O2S. The van der Waals surface area contributed by atoms with E-state index in [9.17, 15) is 13.4 Å². The number of halogens is 2. The maximum Gasteiger partial charge on any atom is 0.260 e. The molecule has 0 fully saturated rings. The fourth-order valence-corrected chi connectivity index (χ4v) is 5.64. The summed E-state index contributed by atoms with van der Waals surface area (Å²) in [6.07, 6.45) is 2.27.